The van der Waals surface area contributed by atoms with Crippen molar-refractivity contribution < 1.29 is 22.7 Å². The minimum atomic E-state index is -4.37. The fourth-order valence-corrected chi connectivity index (χ4v) is 2.38. The number of nitrogens with one attached hydrogen (secondary N) is 1. The summed E-state index contributed by atoms with van der Waals surface area (Å²) >= 11 is 5.77. The van der Waals surface area contributed by atoms with Crippen molar-refractivity contribution in [2.45, 2.75) is 25.2 Å². The number of hydrogen-bond acceptors (Lipinski definition) is 3. The zero-order chi connectivity index (χ0) is 16.9. The van der Waals surface area contributed by atoms with E-state index < -0.39 is 12.3 Å². The van der Waals surface area contributed by atoms with E-state index in [0.29, 0.717) is 18.1 Å². The van der Waals surface area contributed by atoms with Gasteiger partial charge in [0, 0.05) is 37.6 Å². The molecular formula is C15H18ClF3N2O2. The highest BCUT2D eigenvalue weighted by Gasteiger charge is 2.43. The lowest BCUT2D eigenvalue weighted by atomic mass is 10.2. The van der Waals surface area contributed by atoms with Gasteiger partial charge in [-0.05, 0) is 17.7 Å². The SMILES string of the molecule is O=C(CCN1CCO[C@H](C(F)(F)F)C1)NCc1ccc(Cl)cc1. The maximum atomic E-state index is 12.6. The molecule has 1 heterocycles. The molecule has 1 atom stereocenters. The van der Waals surface area contributed by atoms with E-state index in [1.54, 1.807) is 29.2 Å². The molecule has 1 fully saturated rings. The molecule has 0 spiro atoms. The zero-order valence-corrected chi connectivity index (χ0v) is 13.2. The smallest absolute Gasteiger partial charge is 0.366 e. The third kappa shape index (κ3) is 6.01. The van der Waals surface area contributed by atoms with Crippen molar-refractivity contribution in [3.63, 3.8) is 0 Å². The first-order chi connectivity index (χ1) is 10.8. The second-order valence-electron chi connectivity index (χ2n) is 5.35. The van der Waals surface area contributed by atoms with E-state index in [2.05, 4.69) is 5.32 Å². The number of ether oxygens (including phenoxy) is 1. The Morgan fingerprint density at radius 2 is 2.04 bits per heavy atom. The number of alkyl halides is 3. The van der Waals surface area contributed by atoms with Gasteiger partial charge in [-0.25, -0.2) is 0 Å². The fourth-order valence-electron chi connectivity index (χ4n) is 2.25. The van der Waals surface area contributed by atoms with Crippen molar-refractivity contribution in [3.05, 3.63) is 34.9 Å². The summed E-state index contributed by atoms with van der Waals surface area (Å²) in [5, 5.41) is 3.35. The second kappa shape index (κ2) is 7.99. The molecule has 1 amide bonds. The normalized spacial score (nSPS) is 19.6. The highest BCUT2D eigenvalue weighted by atomic mass is 35.5. The van der Waals surface area contributed by atoms with E-state index >= 15 is 0 Å². The lowest BCUT2D eigenvalue weighted by Gasteiger charge is -2.33. The van der Waals surface area contributed by atoms with Crippen molar-refractivity contribution in [3.8, 4) is 0 Å². The molecule has 1 aromatic carbocycles. The summed E-state index contributed by atoms with van der Waals surface area (Å²) in [7, 11) is 0. The number of carbonyl (C=O) groups excluding carboxylic acids is 1. The summed E-state index contributed by atoms with van der Waals surface area (Å²) in [6.07, 6.45) is -5.98. The van der Waals surface area contributed by atoms with Gasteiger partial charge in [-0.3, -0.25) is 9.69 Å². The molecule has 1 N–H and O–H groups in total. The minimum Gasteiger partial charge on any atom is -0.366 e. The third-order valence-electron chi connectivity index (χ3n) is 3.57. The number of carbonyl (C=O) groups is 1. The molecule has 1 saturated heterocycles. The summed E-state index contributed by atoms with van der Waals surface area (Å²) in [4.78, 5) is 13.4. The van der Waals surface area contributed by atoms with E-state index in [0.717, 1.165) is 5.56 Å². The van der Waals surface area contributed by atoms with Gasteiger partial charge < -0.3 is 10.1 Å². The standard InChI is InChI=1S/C15H18ClF3N2O2/c16-12-3-1-11(2-4-12)9-20-14(22)5-6-21-7-8-23-13(10-21)15(17,18)19/h1-4,13H,5-10H2,(H,20,22)/t13-/m0/s1. The number of nitrogens with zero attached hydrogens (tertiary/aromatic N) is 1. The van der Waals surface area contributed by atoms with Crippen LogP contribution in [0, 0.1) is 0 Å². The van der Waals surface area contributed by atoms with Crippen LogP contribution in [0.15, 0.2) is 24.3 Å². The molecule has 128 valence electrons. The first kappa shape index (κ1) is 18.0. The maximum absolute atomic E-state index is 12.6. The van der Waals surface area contributed by atoms with Crippen LogP contribution in [-0.2, 0) is 16.1 Å². The molecule has 0 unspecified atom stereocenters. The Balaban J connectivity index is 1.70. The van der Waals surface area contributed by atoms with Crippen LogP contribution in [0.1, 0.15) is 12.0 Å². The average molecular weight is 351 g/mol. The first-order valence-corrected chi connectivity index (χ1v) is 7.64. The molecule has 2 rings (SSSR count). The molecule has 1 aliphatic heterocycles. The van der Waals surface area contributed by atoms with Crippen LogP contribution in [0.3, 0.4) is 0 Å². The topological polar surface area (TPSA) is 41.6 Å². The number of morpholine rings is 1. The summed E-state index contributed by atoms with van der Waals surface area (Å²) in [6.45, 7) is 0.842. The van der Waals surface area contributed by atoms with Crippen molar-refractivity contribution in [1.29, 1.82) is 0 Å². The van der Waals surface area contributed by atoms with E-state index in [9.17, 15) is 18.0 Å². The lowest BCUT2D eigenvalue weighted by molar-refractivity contribution is -0.237. The van der Waals surface area contributed by atoms with Gasteiger partial charge in [-0.2, -0.15) is 13.2 Å². The summed E-state index contributed by atoms with van der Waals surface area (Å²) in [5.41, 5.74) is 0.909. The molecule has 8 heteroatoms. The van der Waals surface area contributed by atoms with Crippen LogP contribution in [0.4, 0.5) is 13.2 Å². The molecule has 0 bridgehead atoms. The van der Waals surface area contributed by atoms with Gasteiger partial charge in [0.1, 0.15) is 0 Å². The summed E-state index contributed by atoms with van der Waals surface area (Å²) in [5.74, 6) is -0.199. The number of benzene rings is 1. The predicted octanol–water partition coefficient (Wildman–Crippen LogP) is 2.61. The molecule has 23 heavy (non-hydrogen) atoms. The van der Waals surface area contributed by atoms with Crippen molar-refractivity contribution in [1.82, 2.24) is 10.2 Å². The molecule has 0 aliphatic carbocycles. The minimum absolute atomic E-state index is 0.0244. The third-order valence-corrected chi connectivity index (χ3v) is 3.83. The van der Waals surface area contributed by atoms with Crippen LogP contribution in [0.5, 0.6) is 0 Å². The van der Waals surface area contributed by atoms with Gasteiger partial charge in [0.25, 0.3) is 0 Å². The number of hydrogen-bond donors (Lipinski definition) is 1. The maximum Gasteiger partial charge on any atom is 0.415 e. The van der Waals surface area contributed by atoms with Gasteiger partial charge in [-0.1, -0.05) is 23.7 Å². The molecule has 4 nitrogen and oxygen atoms in total. The van der Waals surface area contributed by atoms with Crippen molar-refractivity contribution >= 4 is 17.5 Å². The van der Waals surface area contributed by atoms with Gasteiger partial charge in [-0.15, -0.1) is 0 Å². The molecule has 1 aromatic rings. The largest absolute Gasteiger partial charge is 0.415 e. The quantitative estimate of drug-likeness (QED) is 0.887. The molecule has 0 aromatic heterocycles. The van der Waals surface area contributed by atoms with Crippen LogP contribution >= 0.6 is 11.6 Å². The van der Waals surface area contributed by atoms with Crippen LogP contribution in [0.2, 0.25) is 5.02 Å². The van der Waals surface area contributed by atoms with Gasteiger partial charge >= 0.3 is 6.18 Å². The van der Waals surface area contributed by atoms with Gasteiger partial charge in [0.15, 0.2) is 6.10 Å². The van der Waals surface area contributed by atoms with Crippen molar-refractivity contribution in [2.24, 2.45) is 0 Å². The highest BCUT2D eigenvalue weighted by molar-refractivity contribution is 6.30. The van der Waals surface area contributed by atoms with E-state index in [-0.39, 0.29) is 32.0 Å². The summed E-state index contributed by atoms with van der Waals surface area (Å²) < 4.78 is 42.5. The number of halogens is 4. The van der Waals surface area contributed by atoms with Crippen LogP contribution in [-0.4, -0.2) is 49.3 Å². The molecule has 0 saturated carbocycles. The Hall–Kier alpha value is -1.31. The van der Waals surface area contributed by atoms with Crippen molar-refractivity contribution in [2.75, 3.05) is 26.2 Å². The summed E-state index contributed by atoms with van der Waals surface area (Å²) in [6, 6.07) is 7.07. The van der Waals surface area contributed by atoms with Gasteiger partial charge in [0.2, 0.25) is 5.91 Å². The second-order valence-corrected chi connectivity index (χ2v) is 5.79. The molecule has 1 aliphatic rings. The monoisotopic (exact) mass is 350 g/mol. The Labute approximate surface area is 137 Å². The predicted molar refractivity (Wildman–Crippen MR) is 80.2 cm³/mol. The average Bonchev–Trinajstić information content (AvgIpc) is 2.52. The van der Waals surface area contributed by atoms with E-state index in [1.165, 1.54) is 0 Å². The van der Waals surface area contributed by atoms with Crippen LogP contribution in [0.25, 0.3) is 0 Å². The Morgan fingerprint density at radius 1 is 1.35 bits per heavy atom. The van der Waals surface area contributed by atoms with Gasteiger partial charge in [0.05, 0.1) is 6.61 Å². The van der Waals surface area contributed by atoms with Crippen LogP contribution < -0.4 is 5.32 Å². The number of rotatable bonds is 5. The molecular weight excluding hydrogens is 333 g/mol. The van der Waals surface area contributed by atoms with E-state index in [1.807, 2.05) is 0 Å². The highest BCUT2D eigenvalue weighted by Crippen LogP contribution is 2.25. The molecule has 0 radical (unpaired) electrons. The Bertz CT molecular complexity index is 522. The lowest BCUT2D eigenvalue weighted by Crippen LogP contribution is -2.49. The zero-order valence-electron chi connectivity index (χ0n) is 12.4. The Kier molecular flexibility index (Phi) is 6.26. The fraction of sp³-hybridized carbons (Fsp3) is 0.533. The first-order valence-electron chi connectivity index (χ1n) is 7.26. The Morgan fingerprint density at radius 3 is 2.70 bits per heavy atom. The van der Waals surface area contributed by atoms with E-state index in [4.69, 9.17) is 16.3 Å². The number of amides is 1.